The summed E-state index contributed by atoms with van der Waals surface area (Å²) in [7, 11) is 1.59. The van der Waals surface area contributed by atoms with E-state index in [1.165, 1.54) is 5.56 Å². The maximum Gasteiger partial charge on any atom is 0.172 e. The molecule has 1 aromatic carbocycles. The molecule has 1 atom stereocenters. The van der Waals surface area contributed by atoms with Crippen molar-refractivity contribution in [3.05, 3.63) is 22.2 Å². The molecule has 1 aromatic rings. The molecule has 1 fully saturated rings. The Morgan fingerprint density at radius 2 is 1.95 bits per heavy atom. The third-order valence-electron chi connectivity index (χ3n) is 3.81. The summed E-state index contributed by atoms with van der Waals surface area (Å²) in [6.45, 7) is 6.41. The lowest BCUT2D eigenvalue weighted by atomic mass is 9.99. The Morgan fingerprint density at radius 3 is 2.50 bits per heavy atom. The third-order valence-corrected chi connectivity index (χ3v) is 4.41. The Morgan fingerprint density at radius 1 is 1.32 bits per heavy atom. The summed E-state index contributed by atoms with van der Waals surface area (Å²) in [5.41, 5.74) is 1.20. The number of benzene rings is 1. The van der Waals surface area contributed by atoms with E-state index in [2.05, 4.69) is 33.1 Å². The predicted molar refractivity (Wildman–Crippen MR) is 98.9 cm³/mol. The minimum Gasteiger partial charge on any atom is -0.503 e. The van der Waals surface area contributed by atoms with E-state index in [1.54, 1.807) is 7.11 Å². The van der Waals surface area contributed by atoms with Gasteiger partial charge in [0.15, 0.2) is 11.5 Å². The number of rotatable bonds is 5. The first kappa shape index (κ1) is 21.8. The molecule has 1 aliphatic heterocycles. The number of piperazine rings is 1. The first-order valence-electron chi connectivity index (χ1n) is 7.18. The van der Waals surface area contributed by atoms with E-state index in [9.17, 15) is 5.11 Å². The van der Waals surface area contributed by atoms with Crippen LogP contribution in [0.4, 0.5) is 0 Å². The van der Waals surface area contributed by atoms with Crippen LogP contribution in [0.3, 0.4) is 0 Å². The molecule has 1 aliphatic rings. The number of hydrogen-bond acceptors (Lipinski definition) is 4. The van der Waals surface area contributed by atoms with Gasteiger partial charge >= 0.3 is 0 Å². The molecule has 0 aliphatic carbocycles. The molecule has 2 rings (SSSR count). The maximum atomic E-state index is 9.95. The summed E-state index contributed by atoms with van der Waals surface area (Å²) < 4.78 is 5.97. The Hall–Kier alpha value is -0.200. The molecule has 7 heteroatoms. The standard InChI is InChI=1S/C15H23BrN2O2.2ClH/c1-3-4-13(18-7-5-17-6-8-18)11-9-12(16)15(19)14(10-11)20-2;;/h9-10,13,17,19H,3-8H2,1-2H3;2*1H/t13-;;/m0../s1. The van der Waals surface area contributed by atoms with Crippen molar-refractivity contribution in [3.63, 3.8) is 0 Å². The van der Waals surface area contributed by atoms with Crippen molar-refractivity contribution >= 4 is 40.7 Å². The van der Waals surface area contributed by atoms with Gasteiger partial charge in [0, 0.05) is 32.2 Å². The smallest absolute Gasteiger partial charge is 0.172 e. The summed E-state index contributed by atoms with van der Waals surface area (Å²) in [5.74, 6) is 0.706. The van der Waals surface area contributed by atoms with Crippen molar-refractivity contribution in [1.82, 2.24) is 10.2 Å². The average Bonchev–Trinajstić information content (AvgIpc) is 2.48. The molecule has 1 saturated heterocycles. The minimum absolute atomic E-state index is 0. The monoisotopic (exact) mass is 414 g/mol. The highest BCUT2D eigenvalue weighted by molar-refractivity contribution is 9.10. The number of methoxy groups -OCH3 is 1. The Balaban J connectivity index is 0.00000220. The average molecular weight is 416 g/mol. The molecule has 0 bridgehead atoms. The van der Waals surface area contributed by atoms with Gasteiger partial charge in [0.1, 0.15) is 0 Å². The van der Waals surface area contributed by atoms with Gasteiger partial charge in [0.2, 0.25) is 0 Å². The zero-order valence-corrected chi connectivity index (χ0v) is 16.2. The zero-order chi connectivity index (χ0) is 14.5. The van der Waals surface area contributed by atoms with Gasteiger partial charge in [-0.15, -0.1) is 24.8 Å². The van der Waals surface area contributed by atoms with Gasteiger partial charge < -0.3 is 15.2 Å². The van der Waals surface area contributed by atoms with Gasteiger partial charge in [-0.2, -0.15) is 0 Å². The van der Waals surface area contributed by atoms with Crippen LogP contribution >= 0.6 is 40.7 Å². The molecule has 4 nitrogen and oxygen atoms in total. The third kappa shape index (κ3) is 5.17. The molecular formula is C15H25BrCl2N2O2. The molecule has 0 spiro atoms. The van der Waals surface area contributed by atoms with Crippen LogP contribution in [0.15, 0.2) is 16.6 Å². The second kappa shape index (κ2) is 10.6. The van der Waals surface area contributed by atoms with Gasteiger partial charge in [-0.05, 0) is 40.0 Å². The van der Waals surface area contributed by atoms with Crippen LogP contribution in [-0.4, -0.2) is 43.3 Å². The highest BCUT2D eigenvalue weighted by Crippen LogP contribution is 2.39. The number of aromatic hydroxyl groups is 1. The minimum atomic E-state index is 0. The van der Waals surface area contributed by atoms with Crippen molar-refractivity contribution in [2.75, 3.05) is 33.3 Å². The molecular weight excluding hydrogens is 391 g/mol. The molecule has 128 valence electrons. The maximum absolute atomic E-state index is 9.95. The van der Waals surface area contributed by atoms with E-state index < -0.39 is 0 Å². The van der Waals surface area contributed by atoms with E-state index in [4.69, 9.17) is 4.74 Å². The molecule has 22 heavy (non-hydrogen) atoms. The fourth-order valence-electron chi connectivity index (χ4n) is 2.77. The number of nitrogens with zero attached hydrogens (tertiary/aromatic N) is 1. The van der Waals surface area contributed by atoms with E-state index in [1.807, 2.05) is 12.1 Å². The zero-order valence-electron chi connectivity index (χ0n) is 13.0. The van der Waals surface area contributed by atoms with Gasteiger partial charge in [-0.25, -0.2) is 0 Å². The quantitative estimate of drug-likeness (QED) is 0.768. The number of ether oxygens (including phenoxy) is 1. The molecule has 0 aromatic heterocycles. The molecule has 0 radical (unpaired) electrons. The number of phenols is 1. The van der Waals surface area contributed by atoms with Crippen LogP contribution in [0, 0.1) is 0 Å². The lowest BCUT2D eigenvalue weighted by Gasteiger charge is -2.35. The van der Waals surface area contributed by atoms with Crippen molar-refractivity contribution in [2.24, 2.45) is 0 Å². The molecule has 2 N–H and O–H groups in total. The van der Waals surface area contributed by atoms with E-state index >= 15 is 0 Å². The Kier molecular flexibility index (Phi) is 10.5. The van der Waals surface area contributed by atoms with Crippen LogP contribution in [0.25, 0.3) is 0 Å². The normalized spacial score (nSPS) is 16.3. The van der Waals surface area contributed by atoms with E-state index in [0.29, 0.717) is 16.3 Å². The van der Waals surface area contributed by atoms with Gasteiger partial charge in [-0.1, -0.05) is 13.3 Å². The second-order valence-corrected chi connectivity index (χ2v) is 6.00. The van der Waals surface area contributed by atoms with Crippen molar-refractivity contribution in [2.45, 2.75) is 25.8 Å². The number of hydrogen-bond donors (Lipinski definition) is 2. The van der Waals surface area contributed by atoms with Crippen LogP contribution in [0.1, 0.15) is 31.4 Å². The lowest BCUT2D eigenvalue weighted by molar-refractivity contribution is 0.164. The van der Waals surface area contributed by atoms with Crippen LogP contribution in [-0.2, 0) is 0 Å². The van der Waals surface area contributed by atoms with Gasteiger partial charge in [-0.3, -0.25) is 4.90 Å². The number of halogens is 3. The van der Waals surface area contributed by atoms with Crippen LogP contribution < -0.4 is 10.1 Å². The fourth-order valence-corrected chi connectivity index (χ4v) is 3.23. The fraction of sp³-hybridized carbons (Fsp3) is 0.600. The summed E-state index contributed by atoms with van der Waals surface area (Å²) >= 11 is 3.42. The van der Waals surface area contributed by atoms with Gasteiger partial charge in [0.25, 0.3) is 0 Å². The predicted octanol–water partition coefficient (Wildman–Crippen LogP) is 3.75. The van der Waals surface area contributed by atoms with E-state index in [0.717, 1.165) is 39.0 Å². The summed E-state index contributed by atoms with van der Waals surface area (Å²) in [4.78, 5) is 2.51. The van der Waals surface area contributed by atoms with Gasteiger partial charge in [0.05, 0.1) is 11.6 Å². The Bertz CT molecular complexity index is 457. The second-order valence-electron chi connectivity index (χ2n) is 5.14. The SMILES string of the molecule is CCC[C@@H](c1cc(Br)c(O)c(OC)c1)N1CCNCC1.Cl.Cl. The first-order chi connectivity index (χ1) is 9.67. The molecule has 1 heterocycles. The first-order valence-corrected chi connectivity index (χ1v) is 7.97. The molecule has 0 amide bonds. The van der Waals surface area contributed by atoms with Crippen molar-refractivity contribution in [3.8, 4) is 11.5 Å². The van der Waals surface area contributed by atoms with Crippen molar-refractivity contribution < 1.29 is 9.84 Å². The summed E-state index contributed by atoms with van der Waals surface area (Å²) in [6.07, 6.45) is 2.25. The highest BCUT2D eigenvalue weighted by atomic mass is 79.9. The Labute approximate surface area is 153 Å². The molecule has 0 unspecified atom stereocenters. The van der Waals surface area contributed by atoms with E-state index in [-0.39, 0.29) is 30.6 Å². The summed E-state index contributed by atoms with van der Waals surface area (Å²) in [6, 6.07) is 4.36. The van der Waals surface area contributed by atoms with Crippen molar-refractivity contribution in [1.29, 1.82) is 0 Å². The number of nitrogens with one attached hydrogen (secondary N) is 1. The number of phenolic OH excluding ortho intramolecular Hbond substituents is 1. The largest absolute Gasteiger partial charge is 0.503 e. The topological polar surface area (TPSA) is 44.7 Å². The molecule has 0 saturated carbocycles. The van der Waals surface area contributed by atoms with Crippen LogP contribution in [0.2, 0.25) is 0 Å². The summed E-state index contributed by atoms with van der Waals surface area (Å²) in [5, 5.41) is 13.3. The van der Waals surface area contributed by atoms with Crippen LogP contribution in [0.5, 0.6) is 11.5 Å². The highest BCUT2D eigenvalue weighted by Gasteiger charge is 2.23. The lowest BCUT2D eigenvalue weighted by Crippen LogP contribution is -2.45.